The van der Waals surface area contributed by atoms with Gasteiger partial charge in [0.2, 0.25) is 0 Å². The van der Waals surface area contributed by atoms with Gasteiger partial charge in [-0.1, -0.05) is 35.2 Å². The second kappa shape index (κ2) is 7.38. The van der Waals surface area contributed by atoms with Crippen LogP contribution in [0.25, 0.3) is 10.6 Å². The van der Waals surface area contributed by atoms with Gasteiger partial charge < -0.3 is 9.80 Å². The summed E-state index contributed by atoms with van der Waals surface area (Å²) in [6, 6.07) is 8.25. The van der Waals surface area contributed by atoms with Crippen LogP contribution < -0.4 is 9.80 Å². The highest BCUT2D eigenvalue weighted by Gasteiger charge is 2.37. The maximum Gasteiger partial charge on any atom is 0.263 e. The lowest BCUT2D eigenvalue weighted by atomic mass is 10.1. The molecule has 0 bridgehead atoms. The van der Waals surface area contributed by atoms with E-state index in [1.807, 2.05) is 42.3 Å². The van der Waals surface area contributed by atoms with Gasteiger partial charge >= 0.3 is 0 Å². The van der Waals surface area contributed by atoms with Crippen molar-refractivity contribution in [1.82, 2.24) is 20.2 Å². The van der Waals surface area contributed by atoms with E-state index in [4.69, 9.17) is 4.98 Å². The highest BCUT2D eigenvalue weighted by molar-refractivity contribution is 7.98. The number of hydrogen-bond acceptors (Lipinski definition) is 8. The predicted molar refractivity (Wildman–Crippen MR) is 116 cm³/mol. The number of carbonyl (C=O) groups is 1. The summed E-state index contributed by atoms with van der Waals surface area (Å²) in [7, 11) is 0. The van der Waals surface area contributed by atoms with Crippen LogP contribution in [-0.4, -0.2) is 51.5 Å². The summed E-state index contributed by atoms with van der Waals surface area (Å²) in [6.07, 6.45) is 5.79. The number of amides is 1. The molecule has 2 aliphatic heterocycles. The van der Waals surface area contributed by atoms with Crippen LogP contribution in [0.1, 0.15) is 28.2 Å². The van der Waals surface area contributed by atoms with E-state index in [2.05, 4.69) is 20.1 Å². The van der Waals surface area contributed by atoms with Crippen LogP contribution in [0.15, 0.2) is 35.6 Å². The molecular weight excluding hydrogens is 404 g/mol. The summed E-state index contributed by atoms with van der Waals surface area (Å²) in [4.78, 5) is 26.7. The summed E-state index contributed by atoms with van der Waals surface area (Å²) < 4.78 is 0. The first kappa shape index (κ1) is 18.5. The Morgan fingerprint density at radius 3 is 2.97 bits per heavy atom. The largest absolute Gasteiger partial charge is 0.351 e. The Balaban J connectivity index is 1.58. The Bertz CT molecular complexity index is 1080. The van der Waals surface area contributed by atoms with E-state index in [0.29, 0.717) is 17.3 Å². The van der Waals surface area contributed by atoms with Gasteiger partial charge in [0, 0.05) is 36.6 Å². The van der Waals surface area contributed by atoms with Crippen molar-refractivity contribution < 1.29 is 4.79 Å². The Hall–Kier alpha value is -2.52. The summed E-state index contributed by atoms with van der Waals surface area (Å²) in [6.45, 7) is 3.51. The van der Waals surface area contributed by atoms with Crippen molar-refractivity contribution in [3.8, 4) is 10.6 Å². The first-order valence-electron chi connectivity index (χ1n) is 9.54. The molecule has 0 aliphatic carbocycles. The zero-order valence-electron chi connectivity index (χ0n) is 16.2. The van der Waals surface area contributed by atoms with E-state index >= 15 is 0 Å². The summed E-state index contributed by atoms with van der Waals surface area (Å²) >= 11 is 3.05. The molecule has 29 heavy (non-hydrogen) atoms. The van der Waals surface area contributed by atoms with Crippen molar-refractivity contribution in [2.45, 2.75) is 31.0 Å². The zero-order chi connectivity index (χ0) is 20.0. The highest BCUT2D eigenvalue weighted by Crippen LogP contribution is 2.35. The molecular formula is C20H20N6OS2. The molecule has 0 spiro atoms. The van der Waals surface area contributed by atoms with Crippen LogP contribution in [0.5, 0.6) is 0 Å². The third-order valence-electron chi connectivity index (χ3n) is 5.38. The summed E-state index contributed by atoms with van der Waals surface area (Å²) in [5.74, 6) is 0.725. The molecule has 5 rings (SSSR count). The fourth-order valence-corrected chi connectivity index (χ4v) is 5.04. The quantitative estimate of drug-likeness (QED) is 0.469. The number of hydrogen-bond donors (Lipinski definition) is 0. The number of fused-ring (bicyclic) bond motifs is 3. The zero-order valence-corrected chi connectivity index (χ0v) is 17.8. The normalized spacial score (nSPS) is 18.6. The number of benzene rings is 1. The van der Waals surface area contributed by atoms with Crippen LogP contribution in [0.2, 0.25) is 0 Å². The van der Waals surface area contributed by atoms with Gasteiger partial charge in [-0.15, -0.1) is 10.2 Å². The van der Waals surface area contributed by atoms with E-state index in [9.17, 15) is 4.79 Å². The average molecular weight is 425 g/mol. The molecule has 0 saturated carbocycles. The summed E-state index contributed by atoms with van der Waals surface area (Å²) in [5, 5.41) is 10.9. The Labute approximate surface area is 177 Å². The molecule has 3 aromatic rings. The monoisotopic (exact) mass is 424 g/mol. The van der Waals surface area contributed by atoms with Crippen LogP contribution in [0.3, 0.4) is 0 Å². The third-order valence-corrected chi connectivity index (χ3v) is 6.83. The van der Waals surface area contributed by atoms with Crippen LogP contribution >= 0.6 is 23.1 Å². The fourth-order valence-electron chi connectivity index (χ4n) is 4.01. The molecule has 9 heteroatoms. The molecule has 1 fully saturated rings. The molecule has 1 aromatic carbocycles. The van der Waals surface area contributed by atoms with Crippen molar-refractivity contribution in [3.05, 3.63) is 41.0 Å². The minimum absolute atomic E-state index is 0.0485. The molecule has 1 saturated heterocycles. The van der Waals surface area contributed by atoms with Gasteiger partial charge in [-0.05, 0) is 38.2 Å². The van der Waals surface area contributed by atoms with E-state index < -0.39 is 0 Å². The van der Waals surface area contributed by atoms with Crippen molar-refractivity contribution in [2.24, 2.45) is 0 Å². The number of anilines is 2. The van der Waals surface area contributed by atoms with E-state index in [1.165, 1.54) is 11.8 Å². The summed E-state index contributed by atoms with van der Waals surface area (Å²) in [5.41, 5.74) is 2.42. The lowest BCUT2D eigenvalue weighted by Crippen LogP contribution is -2.39. The van der Waals surface area contributed by atoms with Crippen molar-refractivity contribution in [1.29, 1.82) is 0 Å². The molecule has 2 aromatic heterocycles. The van der Waals surface area contributed by atoms with Gasteiger partial charge in [0.25, 0.3) is 5.91 Å². The second-order valence-corrected chi connectivity index (χ2v) is 9.13. The maximum atomic E-state index is 13.5. The van der Waals surface area contributed by atoms with E-state index in [0.717, 1.165) is 46.5 Å². The first-order valence-corrected chi connectivity index (χ1v) is 11.6. The molecule has 2 aliphatic rings. The van der Waals surface area contributed by atoms with E-state index in [-0.39, 0.29) is 11.9 Å². The smallest absolute Gasteiger partial charge is 0.263 e. The van der Waals surface area contributed by atoms with Crippen LogP contribution in [0, 0.1) is 6.92 Å². The Kier molecular flexibility index (Phi) is 4.71. The number of rotatable bonds is 3. The highest BCUT2D eigenvalue weighted by atomic mass is 32.2. The molecule has 1 atom stereocenters. The van der Waals surface area contributed by atoms with Crippen molar-refractivity contribution in [2.75, 3.05) is 29.1 Å². The molecule has 1 amide bonds. The SMILES string of the molecule is CSc1ncc2c(n1)N1CCC[C@H]1CN(c1cccc(-c3nnc(C)s3)c1)C2=O. The van der Waals surface area contributed by atoms with Gasteiger partial charge in [-0.3, -0.25) is 4.79 Å². The molecule has 0 unspecified atom stereocenters. The van der Waals surface area contributed by atoms with E-state index in [1.54, 1.807) is 17.5 Å². The lowest BCUT2D eigenvalue weighted by molar-refractivity contribution is 0.0988. The molecule has 0 N–H and O–H groups in total. The second-order valence-electron chi connectivity index (χ2n) is 7.18. The van der Waals surface area contributed by atoms with Gasteiger partial charge in [0.15, 0.2) is 5.16 Å². The van der Waals surface area contributed by atoms with Gasteiger partial charge in [0.05, 0.1) is 0 Å². The number of aryl methyl sites for hydroxylation is 1. The van der Waals surface area contributed by atoms with Gasteiger partial charge in [-0.25, -0.2) is 9.97 Å². The standard InChI is InChI=1S/C20H20N6OS2/c1-12-23-24-18(29-12)13-5-3-6-14(9-13)26-11-15-7-4-8-25(15)17-16(19(26)27)10-21-20(22-17)28-2/h3,5-6,9-10,15H,4,7-8,11H2,1-2H3/t15-/m0/s1. The first-order chi connectivity index (χ1) is 14.1. The Morgan fingerprint density at radius 2 is 2.17 bits per heavy atom. The van der Waals surface area contributed by atoms with Gasteiger partial charge in [0.1, 0.15) is 21.4 Å². The molecule has 0 radical (unpaired) electrons. The van der Waals surface area contributed by atoms with Crippen molar-refractivity contribution >= 4 is 40.5 Å². The topological polar surface area (TPSA) is 75.1 Å². The third kappa shape index (κ3) is 3.28. The maximum absolute atomic E-state index is 13.5. The molecule has 4 heterocycles. The van der Waals surface area contributed by atoms with Crippen molar-refractivity contribution in [3.63, 3.8) is 0 Å². The number of nitrogens with zero attached hydrogens (tertiary/aromatic N) is 6. The average Bonchev–Trinajstić information content (AvgIpc) is 3.37. The minimum atomic E-state index is -0.0485. The number of thioether (sulfide) groups is 1. The predicted octanol–water partition coefficient (Wildman–Crippen LogP) is 3.65. The number of aromatic nitrogens is 4. The van der Waals surface area contributed by atoms with Crippen LogP contribution in [0.4, 0.5) is 11.5 Å². The van der Waals surface area contributed by atoms with Gasteiger partial charge in [-0.2, -0.15) is 0 Å². The molecule has 148 valence electrons. The lowest BCUT2D eigenvalue weighted by Gasteiger charge is -2.27. The van der Waals surface area contributed by atoms with Crippen LogP contribution in [-0.2, 0) is 0 Å². The minimum Gasteiger partial charge on any atom is -0.351 e. The Morgan fingerprint density at radius 1 is 1.28 bits per heavy atom. The number of carbonyl (C=O) groups excluding carboxylic acids is 1. The molecule has 7 nitrogen and oxygen atoms in total. The fraction of sp³-hybridized carbons (Fsp3) is 0.350.